The third kappa shape index (κ3) is 7.58. The Balaban J connectivity index is 1.32. The number of ether oxygens (including phenoxy) is 3. The Bertz CT molecular complexity index is 1160. The maximum atomic E-state index is 13.2. The van der Waals surface area contributed by atoms with Crippen LogP contribution in [-0.2, 0) is 22.6 Å². The fourth-order valence-corrected chi connectivity index (χ4v) is 4.66. The number of nitrogens with zero attached hydrogens (tertiary/aromatic N) is 5. The molecule has 1 atom stereocenters. The average molecular weight is 530 g/mol. The Kier molecular flexibility index (Phi) is 10.0. The number of rotatable bonds is 13. The minimum atomic E-state index is -0.384. The number of methoxy groups -OCH3 is 1. The number of hydrogen-bond donors (Lipinski definition) is 0. The Morgan fingerprint density at radius 1 is 1.00 bits per heavy atom. The molecule has 0 unspecified atom stereocenters. The average Bonchev–Trinajstić information content (AvgIpc) is 3.23. The molecule has 1 aliphatic rings. The first-order valence-corrected chi connectivity index (χ1v) is 13.1. The zero-order valence-corrected chi connectivity index (χ0v) is 22.3. The van der Waals surface area contributed by atoms with Crippen molar-refractivity contribution in [1.82, 2.24) is 19.2 Å². The number of benzene rings is 2. The van der Waals surface area contributed by atoms with Crippen LogP contribution in [0.5, 0.6) is 5.75 Å². The summed E-state index contributed by atoms with van der Waals surface area (Å²) in [5, 5.41) is 5.38. The summed E-state index contributed by atoms with van der Waals surface area (Å²) >= 11 is 6.15. The molecule has 0 saturated carbocycles. The minimum absolute atomic E-state index is 0.129. The first kappa shape index (κ1) is 27.2. The first-order valence-electron chi connectivity index (χ1n) is 12.7. The molecule has 200 valence electrons. The van der Waals surface area contributed by atoms with Crippen molar-refractivity contribution in [2.75, 3.05) is 58.1 Å². The number of piperazine rings is 1. The molecule has 0 spiro atoms. The van der Waals surface area contributed by atoms with Gasteiger partial charge in [0.05, 0.1) is 6.54 Å². The van der Waals surface area contributed by atoms with Crippen LogP contribution >= 0.6 is 11.6 Å². The van der Waals surface area contributed by atoms with E-state index in [1.54, 1.807) is 16.4 Å². The van der Waals surface area contributed by atoms with Gasteiger partial charge in [-0.15, -0.1) is 0 Å². The first-order chi connectivity index (χ1) is 18.0. The highest BCUT2D eigenvalue weighted by molar-refractivity contribution is 6.30. The van der Waals surface area contributed by atoms with Gasteiger partial charge in [-0.25, -0.2) is 9.48 Å². The molecule has 2 heterocycles. The maximum Gasteiger partial charge on any atom is 0.346 e. The minimum Gasteiger partial charge on any atom is -0.492 e. The van der Waals surface area contributed by atoms with Gasteiger partial charge in [-0.05, 0) is 43.7 Å². The van der Waals surface area contributed by atoms with Crippen LogP contribution in [0.4, 0.5) is 5.69 Å². The van der Waals surface area contributed by atoms with Gasteiger partial charge < -0.3 is 19.1 Å². The summed E-state index contributed by atoms with van der Waals surface area (Å²) in [5.41, 5.74) is 1.02. The van der Waals surface area contributed by atoms with Crippen molar-refractivity contribution in [1.29, 1.82) is 0 Å². The second-order valence-electron chi connectivity index (χ2n) is 9.05. The van der Waals surface area contributed by atoms with Gasteiger partial charge in [0, 0.05) is 57.1 Å². The van der Waals surface area contributed by atoms with Crippen molar-refractivity contribution < 1.29 is 14.2 Å². The van der Waals surface area contributed by atoms with Crippen LogP contribution in [0.2, 0.25) is 5.02 Å². The summed E-state index contributed by atoms with van der Waals surface area (Å²) in [7, 11) is 1.57. The molecule has 10 heteroatoms. The molecule has 9 nitrogen and oxygen atoms in total. The normalized spacial score (nSPS) is 15.2. The number of aryl methyl sites for hydroxylation is 1. The van der Waals surface area contributed by atoms with Crippen LogP contribution in [0, 0.1) is 0 Å². The van der Waals surface area contributed by atoms with Gasteiger partial charge in [0.2, 0.25) is 0 Å². The van der Waals surface area contributed by atoms with Crippen LogP contribution in [0.3, 0.4) is 0 Å². The molecular formula is C27H36ClN5O4. The van der Waals surface area contributed by atoms with E-state index in [4.69, 9.17) is 25.8 Å². The van der Waals surface area contributed by atoms with E-state index in [-0.39, 0.29) is 18.6 Å². The molecule has 3 aromatic rings. The Hall–Kier alpha value is -2.85. The van der Waals surface area contributed by atoms with Gasteiger partial charge in [0.15, 0.2) is 5.82 Å². The van der Waals surface area contributed by atoms with Gasteiger partial charge in [-0.2, -0.15) is 5.10 Å². The number of para-hydroxylation sites is 1. The second kappa shape index (κ2) is 13.6. The van der Waals surface area contributed by atoms with Crippen LogP contribution < -0.4 is 15.3 Å². The van der Waals surface area contributed by atoms with Crippen molar-refractivity contribution in [2.24, 2.45) is 0 Å². The zero-order valence-electron chi connectivity index (χ0n) is 21.6. The van der Waals surface area contributed by atoms with Crippen LogP contribution in [-0.4, -0.2) is 72.5 Å². The summed E-state index contributed by atoms with van der Waals surface area (Å²) in [6.07, 6.45) is 0.451. The largest absolute Gasteiger partial charge is 0.492 e. The van der Waals surface area contributed by atoms with E-state index >= 15 is 0 Å². The molecule has 0 bridgehead atoms. The molecule has 2 aromatic carbocycles. The fourth-order valence-electron chi connectivity index (χ4n) is 4.48. The van der Waals surface area contributed by atoms with Crippen LogP contribution in [0.1, 0.15) is 25.3 Å². The van der Waals surface area contributed by atoms with Crippen molar-refractivity contribution in [3.63, 3.8) is 0 Å². The van der Waals surface area contributed by atoms with E-state index in [1.165, 1.54) is 0 Å². The van der Waals surface area contributed by atoms with E-state index in [9.17, 15) is 4.79 Å². The molecule has 1 fully saturated rings. The maximum absolute atomic E-state index is 13.2. The number of anilines is 1. The lowest BCUT2D eigenvalue weighted by Gasteiger charge is -2.36. The molecule has 37 heavy (non-hydrogen) atoms. The van der Waals surface area contributed by atoms with Gasteiger partial charge >= 0.3 is 5.69 Å². The quantitative estimate of drug-likeness (QED) is 0.313. The molecule has 1 aliphatic heterocycles. The summed E-state index contributed by atoms with van der Waals surface area (Å²) in [5.74, 6) is 1.34. The van der Waals surface area contributed by atoms with Crippen molar-refractivity contribution in [3.05, 3.63) is 75.9 Å². The number of aromatic nitrogens is 3. The predicted molar refractivity (Wildman–Crippen MR) is 145 cm³/mol. The SMILES string of the molecule is COCO[C@@H](C)c1nn(CCCN2CCN(c3cccc(Cl)c3)CC2)c(=O)n1CCOc1ccccc1. The second-order valence-corrected chi connectivity index (χ2v) is 9.49. The highest BCUT2D eigenvalue weighted by Crippen LogP contribution is 2.21. The predicted octanol–water partition coefficient (Wildman–Crippen LogP) is 3.67. The molecule has 0 radical (unpaired) electrons. The van der Waals surface area contributed by atoms with Gasteiger partial charge in [0.25, 0.3) is 0 Å². The van der Waals surface area contributed by atoms with Gasteiger partial charge in [0.1, 0.15) is 25.3 Å². The van der Waals surface area contributed by atoms with E-state index < -0.39 is 0 Å². The Morgan fingerprint density at radius 3 is 2.51 bits per heavy atom. The molecule has 0 aliphatic carbocycles. The summed E-state index contributed by atoms with van der Waals surface area (Å²) in [6.45, 7) is 8.05. The van der Waals surface area contributed by atoms with E-state index in [1.807, 2.05) is 55.5 Å². The Labute approximate surface area is 223 Å². The van der Waals surface area contributed by atoms with Crippen LogP contribution in [0.25, 0.3) is 0 Å². The number of hydrogen-bond acceptors (Lipinski definition) is 7. The lowest BCUT2D eigenvalue weighted by atomic mass is 10.2. The van der Waals surface area contributed by atoms with E-state index in [2.05, 4.69) is 21.0 Å². The van der Waals surface area contributed by atoms with E-state index in [0.29, 0.717) is 25.5 Å². The standard InChI is InChI=1S/C27H36ClN5O4/c1-22(37-21-35-2)26-29-33(27(34)32(26)18-19-36-25-10-4-3-5-11-25)13-7-12-30-14-16-31(17-15-30)24-9-6-8-23(28)20-24/h3-6,8-11,20,22H,7,12-19,21H2,1-2H3/t22-/m0/s1. The monoisotopic (exact) mass is 529 g/mol. The van der Waals surface area contributed by atoms with Crippen LogP contribution in [0.15, 0.2) is 59.4 Å². The third-order valence-corrected chi connectivity index (χ3v) is 6.70. The number of halogens is 1. The highest BCUT2D eigenvalue weighted by Gasteiger charge is 2.21. The lowest BCUT2D eigenvalue weighted by molar-refractivity contribution is -0.0706. The van der Waals surface area contributed by atoms with Crippen molar-refractivity contribution in [2.45, 2.75) is 32.5 Å². The smallest absolute Gasteiger partial charge is 0.346 e. The van der Waals surface area contributed by atoms with Crippen molar-refractivity contribution in [3.8, 4) is 5.75 Å². The Morgan fingerprint density at radius 2 is 1.78 bits per heavy atom. The van der Waals surface area contributed by atoms with E-state index in [0.717, 1.165) is 55.6 Å². The fraction of sp³-hybridized carbons (Fsp3) is 0.481. The summed E-state index contributed by atoms with van der Waals surface area (Å²) < 4.78 is 19.7. The molecule has 4 rings (SSSR count). The lowest BCUT2D eigenvalue weighted by Crippen LogP contribution is -2.46. The molecule has 1 aromatic heterocycles. The molecule has 0 amide bonds. The molecule has 0 N–H and O–H groups in total. The summed E-state index contributed by atoms with van der Waals surface area (Å²) in [4.78, 5) is 18.0. The summed E-state index contributed by atoms with van der Waals surface area (Å²) in [6, 6.07) is 17.6. The molecular weight excluding hydrogens is 494 g/mol. The molecule has 1 saturated heterocycles. The zero-order chi connectivity index (χ0) is 26.0. The van der Waals surface area contributed by atoms with Gasteiger partial charge in [-0.1, -0.05) is 35.9 Å². The van der Waals surface area contributed by atoms with Crippen molar-refractivity contribution >= 4 is 17.3 Å². The third-order valence-electron chi connectivity index (χ3n) is 6.47. The van der Waals surface area contributed by atoms with Gasteiger partial charge in [-0.3, -0.25) is 9.47 Å². The highest BCUT2D eigenvalue weighted by atomic mass is 35.5. The topological polar surface area (TPSA) is 74.0 Å².